The van der Waals surface area contributed by atoms with Crippen molar-refractivity contribution in [3.8, 4) is 0 Å². The molecule has 0 aliphatic rings. The van der Waals surface area contributed by atoms with E-state index in [0.29, 0.717) is 17.0 Å². The molecule has 2 aromatic rings. The Balaban J connectivity index is 2.31. The monoisotopic (exact) mass is 354 g/mol. The molecule has 0 saturated carbocycles. The van der Waals surface area contributed by atoms with E-state index in [1.165, 1.54) is 10.6 Å². The number of carbonyl (C=O) groups excluding carboxylic acids is 1. The molecule has 2 rings (SSSR count). The van der Waals surface area contributed by atoms with Gasteiger partial charge in [0, 0.05) is 12.2 Å². The number of furan rings is 1. The largest absolute Gasteiger partial charge is 0.468 e. The van der Waals surface area contributed by atoms with Gasteiger partial charge in [0.25, 0.3) is 0 Å². The van der Waals surface area contributed by atoms with Crippen LogP contribution in [0.25, 0.3) is 0 Å². The molecule has 0 radical (unpaired) electrons. The number of aromatic amines is 1. The fourth-order valence-electron chi connectivity index (χ4n) is 2.48. The topological polar surface area (TPSA) is 92.6 Å². The molecule has 0 aliphatic heterocycles. The minimum absolute atomic E-state index is 0.130. The number of nitrogens with zero attached hydrogens (tertiary/aromatic N) is 1. The first-order valence-corrected chi connectivity index (χ1v) is 9.41. The molecule has 0 bridgehead atoms. The number of H-pyrrole nitrogens is 1. The van der Waals surface area contributed by atoms with Crippen LogP contribution in [0.15, 0.2) is 22.8 Å². The van der Waals surface area contributed by atoms with Crippen LogP contribution >= 0.6 is 0 Å². The molecule has 7 nitrogen and oxygen atoms in total. The molecular formula is C16H22N2O5S. The molecule has 0 fully saturated rings. The lowest BCUT2D eigenvalue weighted by Gasteiger charge is -2.19. The highest BCUT2D eigenvalue weighted by Gasteiger charge is 2.24. The third-order valence-electron chi connectivity index (χ3n) is 3.79. The van der Waals surface area contributed by atoms with Gasteiger partial charge in [-0.05, 0) is 44.0 Å². The van der Waals surface area contributed by atoms with Gasteiger partial charge in [-0.15, -0.1) is 0 Å². The van der Waals surface area contributed by atoms with E-state index in [9.17, 15) is 13.2 Å². The number of sulfonamides is 1. The first-order chi connectivity index (χ1) is 11.2. The second kappa shape index (κ2) is 7.23. The number of carbonyl (C=O) groups is 1. The summed E-state index contributed by atoms with van der Waals surface area (Å²) in [5, 5.41) is 0. The van der Waals surface area contributed by atoms with Gasteiger partial charge >= 0.3 is 5.97 Å². The second-order valence-electron chi connectivity index (χ2n) is 5.56. The standard InChI is InChI=1S/C16H22N2O5S/c1-5-22-16(19)15-11(2)14(12(3)17-15)10-18(24(4,20)21)9-13-7-6-8-23-13/h6-8,17H,5,9-10H2,1-4H3. The number of aryl methyl sites for hydroxylation is 1. The fourth-order valence-corrected chi connectivity index (χ4v) is 3.20. The van der Waals surface area contributed by atoms with E-state index in [1.54, 1.807) is 32.9 Å². The molecule has 0 unspecified atom stereocenters. The Labute approximate surface area is 141 Å². The fraction of sp³-hybridized carbons (Fsp3) is 0.438. The summed E-state index contributed by atoms with van der Waals surface area (Å²) in [4.78, 5) is 15.0. The third-order valence-corrected chi connectivity index (χ3v) is 4.98. The third kappa shape index (κ3) is 4.07. The van der Waals surface area contributed by atoms with Crippen LogP contribution in [0.2, 0.25) is 0 Å². The minimum Gasteiger partial charge on any atom is -0.468 e. The van der Waals surface area contributed by atoms with Gasteiger partial charge in [0.2, 0.25) is 10.0 Å². The van der Waals surface area contributed by atoms with Gasteiger partial charge < -0.3 is 14.1 Å². The number of hydrogen-bond donors (Lipinski definition) is 1. The van der Waals surface area contributed by atoms with Crippen molar-refractivity contribution in [2.45, 2.75) is 33.9 Å². The lowest BCUT2D eigenvalue weighted by molar-refractivity contribution is 0.0519. The van der Waals surface area contributed by atoms with Crippen molar-refractivity contribution >= 4 is 16.0 Å². The Morgan fingerprint density at radius 1 is 1.33 bits per heavy atom. The van der Waals surface area contributed by atoms with Crippen molar-refractivity contribution < 1.29 is 22.4 Å². The molecule has 8 heteroatoms. The first-order valence-electron chi connectivity index (χ1n) is 7.56. The van der Waals surface area contributed by atoms with E-state index in [2.05, 4.69) is 4.98 Å². The van der Waals surface area contributed by atoms with E-state index in [1.807, 2.05) is 0 Å². The van der Waals surface area contributed by atoms with Crippen molar-refractivity contribution in [3.05, 3.63) is 46.7 Å². The van der Waals surface area contributed by atoms with Crippen LogP contribution in [-0.4, -0.2) is 36.5 Å². The van der Waals surface area contributed by atoms with E-state index in [0.717, 1.165) is 17.5 Å². The van der Waals surface area contributed by atoms with Crippen LogP contribution in [0.4, 0.5) is 0 Å². The quantitative estimate of drug-likeness (QED) is 0.771. The van der Waals surface area contributed by atoms with Gasteiger partial charge in [-0.1, -0.05) is 0 Å². The lowest BCUT2D eigenvalue weighted by atomic mass is 10.1. The van der Waals surface area contributed by atoms with E-state index in [4.69, 9.17) is 9.15 Å². The zero-order valence-corrected chi connectivity index (χ0v) is 15.1. The summed E-state index contributed by atoms with van der Waals surface area (Å²) in [5.41, 5.74) is 2.55. The van der Waals surface area contributed by atoms with Crippen LogP contribution in [-0.2, 0) is 27.8 Å². The molecule has 2 aromatic heterocycles. The molecule has 1 N–H and O–H groups in total. The number of aromatic nitrogens is 1. The Bertz CT molecular complexity index is 806. The zero-order chi connectivity index (χ0) is 17.9. The normalized spacial score (nSPS) is 11.9. The average Bonchev–Trinajstić information content (AvgIpc) is 3.08. The van der Waals surface area contributed by atoms with Gasteiger partial charge in [-0.2, -0.15) is 4.31 Å². The highest BCUT2D eigenvalue weighted by molar-refractivity contribution is 7.88. The SMILES string of the molecule is CCOC(=O)c1[nH]c(C)c(CN(Cc2ccco2)S(C)(=O)=O)c1C. The predicted molar refractivity (Wildman–Crippen MR) is 89.0 cm³/mol. The smallest absolute Gasteiger partial charge is 0.355 e. The maximum atomic E-state index is 12.1. The Kier molecular flexibility index (Phi) is 5.51. The van der Waals surface area contributed by atoms with Crippen molar-refractivity contribution in [1.82, 2.24) is 9.29 Å². The van der Waals surface area contributed by atoms with Crippen molar-refractivity contribution in [3.63, 3.8) is 0 Å². The number of nitrogens with one attached hydrogen (secondary N) is 1. The molecule has 0 spiro atoms. The molecule has 0 amide bonds. The van der Waals surface area contributed by atoms with Gasteiger partial charge in [0.1, 0.15) is 11.5 Å². The second-order valence-corrected chi connectivity index (χ2v) is 7.54. The van der Waals surface area contributed by atoms with Gasteiger partial charge in [0.15, 0.2) is 0 Å². The van der Waals surface area contributed by atoms with Crippen LogP contribution in [0.3, 0.4) is 0 Å². The summed E-state index contributed by atoms with van der Waals surface area (Å²) in [6.45, 7) is 5.87. The Hall–Kier alpha value is -2.06. The number of esters is 1. The van der Waals surface area contributed by atoms with Crippen LogP contribution in [0.5, 0.6) is 0 Å². The molecule has 0 aliphatic carbocycles. The summed E-state index contributed by atoms with van der Waals surface area (Å²) in [7, 11) is -3.45. The summed E-state index contributed by atoms with van der Waals surface area (Å²) in [6.07, 6.45) is 2.65. The average molecular weight is 354 g/mol. The molecule has 132 valence electrons. The maximum absolute atomic E-state index is 12.1. The molecule has 2 heterocycles. The molecule has 0 aromatic carbocycles. The zero-order valence-electron chi connectivity index (χ0n) is 14.3. The maximum Gasteiger partial charge on any atom is 0.355 e. The van der Waals surface area contributed by atoms with Crippen LogP contribution in [0.1, 0.15) is 40.0 Å². The van der Waals surface area contributed by atoms with Crippen LogP contribution < -0.4 is 0 Å². The van der Waals surface area contributed by atoms with E-state index in [-0.39, 0.29) is 19.7 Å². The number of rotatable bonds is 7. The summed E-state index contributed by atoms with van der Waals surface area (Å²) >= 11 is 0. The minimum atomic E-state index is -3.45. The highest BCUT2D eigenvalue weighted by atomic mass is 32.2. The van der Waals surface area contributed by atoms with Gasteiger partial charge in [-0.25, -0.2) is 13.2 Å². The number of hydrogen-bond acceptors (Lipinski definition) is 5. The first kappa shape index (κ1) is 18.3. The van der Waals surface area contributed by atoms with Crippen molar-refractivity contribution in [1.29, 1.82) is 0 Å². The van der Waals surface area contributed by atoms with Crippen molar-refractivity contribution in [2.24, 2.45) is 0 Å². The number of ether oxygens (including phenoxy) is 1. The molecule has 24 heavy (non-hydrogen) atoms. The van der Waals surface area contributed by atoms with E-state index >= 15 is 0 Å². The van der Waals surface area contributed by atoms with Gasteiger partial charge in [-0.3, -0.25) is 0 Å². The van der Waals surface area contributed by atoms with Crippen LogP contribution in [0, 0.1) is 13.8 Å². The summed E-state index contributed by atoms with van der Waals surface area (Å²) in [6, 6.07) is 3.43. The Morgan fingerprint density at radius 3 is 2.58 bits per heavy atom. The predicted octanol–water partition coefficient (Wildman–Crippen LogP) is 2.36. The lowest BCUT2D eigenvalue weighted by Crippen LogP contribution is -2.29. The highest BCUT2D eigenvalue weighted by Crippen LogP contribution is 2.23. The van der Waals surface area contributed by atoms with Gasteiger partial charge in [0.05, 0.1) is 25.7 Å². The molecule has 0 atom stereocenters. The van der Waals surface area contributed by atoms with Crippen molar-refractivity contribution in [2.75, 3.05) is 12.9 Å². The summed E-state index contributed by atoms with van der Waals surface area (Å²) < 4.78 is 35.8. The summed E-state index contributed by atoms with van der Waals surface area (Å²) in [5.74, 6) is 0.109. The van der Waals surface area contributed by atoms with E-state index < -0.39 is 16.0 Å². The molecular weight excluding hydrogens is 332 g/mol. The molecule has 0 saturated heterocycles. The Morgan fingerprint density at radius 2 is 2.04 bits per heavy atom.